The molecule has 0 saturated heterocycles. The summed E-state index contributed by atoms with van der Waals surface area (Å²) in [4.78, 5) is 8.08. The van der Waals surface area contributed by atoms with Crippen LogP contribution >= 0.6 is 0 Å². The molecule has 1 saturated carbocycles. The van der Waals surface area contributed by atoms with E-state index in [1.54, 1.807) is 5.56 Å². The number of hydrogen-bond donors (Lipinski definition) is 0. The van der Waals surface area contributed by atoms with Crippen LogP contribution in [0, 0.1) is 20.8 Å². The molecule has 6 heteroatoms. The summed E-state index contributed by atoms with van der Waals surface area (Å²) in [6, 6.07) is 45.5. The summed E-state index contributed by atoms with van der Waals surface area (Å²) in [6.07, 6.45) is 4.93. The number of para-hydroxylation sites is 2. The molecule has 0 radical (unpaired) electrons. The third-order valence-electron chi connectivity index (χ3n) is 15.0. The number of benzene rings is 6. The zero-order valence-corrected chi connectivity index (χ0v) is 39.2. The van der Waals surface area contributed by atoms with Crippen molar-refractivity contribution in [2.75, 3.05) is 14.7 Å². The van der Waals surface area contributed by atoms with Crippen LogP contribution in [0.15, 0.2) is 115 Å². The molecule has 0 N–H and O–H groups in total. The Labute approximate surface area is 356 Å². The summed E-state index contributed by atoms with van der Waals surface area (Å²) in [5, 5.41) is 2.97. The average Bonchev–Trinajstić information content (AvgIpc) is 3.40. The van der Waals surface area contributed by atoms with Gasteiger partial charge in [0, 0.05) is 45.2 Å². The van der Waals surface area contributed by atoms with Crippen molar-refractivity contribution in [3.63, 3.8) is 0 Å². The van der Waals surface area contributed by atoms with Crippen molar-refractivity contribution in [3.8, 4) is 0 Å². The van der Waals surface area contributed by atoms with E-state index in [0.717, 1.165) is 0 Å². The van der Waals surface area contributed by atoms with E-state index < -0.39 is 16.1 Å². The second-order valence-corrected chi connectivity index (χ2v) is 30.9. The molecule has 59 heavy (non-hydrogen) atoms. The predicted octanol–water partition coefficient (Wildman–Crippen LogP) is 11.5. The van der Waals surface area contributed by atoms with Crippen LogP contribution in [0.5, 0.6) is 0 Å². The molecule has 2 unspecified atom stereocenters. The van der Waals surface area contributed by atoms with Gasteiger partial charge >= 0.3 is 0 Å². The smallest absolute Gasteiger partial charge is 0.252 e. The average molecular weight is 806 g/mol. The van der Waals surface area contributed by atoms with Crippen molar-refractivity contribution >= 4 is 95.1 Å². The van der Waals surface area contributed by atoms with Gasteiger partial charge in [0.05, 0.1) is 27.4 Å². The normalized spacial score (nSPS) is 20.2. The highest BCUT2D eigenvalue weighted by Crippen LogP contribution is 2.62. The molecule has 1 aliphatic carbocycles. The number of anilines is 8. The monoisotopic (exact) mass is 805 g/mol. The summed E-state index contributed by atoms with van der Waals surface area (Å²) in [5.41, 5.74) is 20.2. The van der Waals surface area contributed by atoms with Gasteiger partial charge < -0.3 is 14.7 Å². The van der Waals surface area contributed by atoms with Gasteiger partial charge in [-0.1, -0.05) is 148 Å². The quantitative estimate of drug-likeness (QED) is 0.155. The molecule has 298 valence electrons. The first kappa shape index (κ1) is 38.4. The lowest BCUT2D eigenvalue weighted by atomic mass is 9.33. The van der Waals surface area contributed by atoms with Crippen molar-refractivity contribution in [1.82, 2.24) is 0 Å². The fraction of sp³-hybridized carbons (Fsp3) is 0.321. The maximum atomic E-state index is 2.88. The van der Waals surface area contributed by atoms with Gasteiger partial charge in [-0.25, -0.2) is 0 Å². The lowest BCUT2D eigenvalue weighted by Crippen LogP contribution is -2.64. The minimum atomic E-state index is -1.51. The Morgan fingerprint density at radius 3 is 1.78 bits per heavy atom. The fourth-order valence-electron chi connectivity index (χ4n) is 11.6. The summed E-state index contributed by atoms with van der Waals surface area (Å²) >= 11 is 0. The Bertz CT molecular complexity index is 2620. The second-order valence-electron chi connectivity index (χ2n) is 20.8. The summed E-state index contributed by atoms with van der Waals surface area (Å²) in [6.45, 7) is 26.9. The van der Waals surface area contributed by atoms with E-state index in [1.807, 2.05) is 0 Å². The van der Waals surface area contributed by atoms with Crippen molar-refractivity contribution in [2.24, 2.45) is 0 Å². The van der Waals surface area contributed by atoms with Gasteiger partial charge in [0.2, 0.25) is 0 Å². The van der Waals surface area contributed by atoms with Crippen LogP contribution in [0.3, 0.4) is 0 Å². The molecule has 0 bridgehead atoms. The highest BCUT2D eigenvalue weighted by Gasteiger charge is 2.61. The van der Waals surface area contributed by atoms with E-state index >= 15 is 0 Å². The first-order valence-corrected chi connectivity index (χ1v) is 29.1. The highest BCUT2D eigenvalue weighted by molar-refractivity contribution is 7.00. The molecule has 3 nitrogen and oxygen atoms in total. The molecule has 6 aromatic rings. The van der Waals surface area contributed by atoms with E-state index in [1.165, 1.54) is 115 Å². The molecule has 0 amide bonds. The first-order chi connectivity index (χ1) is 28.0. The third kappa shape index (κ3) is 5.58. The molecule has 6 aromatic carbocycles. The largest absolute Gasteiger partial charge is 0.335 e. The minimum Gasteiger partial charge on any atom is -0.335 e. The molecule has 3 aliphatic heterocycles. The van der Waals surface area contributed by atoms with Gasteiger partial charge in [-0.05, 0) is 116 Å². The molecule has 3 heterocycles. The topological polar surface area (TPSA) is 9.72 Å². The fourth-order valence-corrected chi connectivity index (χ4v) is 13.9. The van der Waals surface area contributed by atoms with E-state index in [2.05, 4.69) is 204 Å². The van der Waals surface area contributed by atoms with Crippen molar-refractivity contribution in [1.29, 1.82) is 0 Å². The van der Waals surface area contributed by atoms with Crippen molar-refractivity contribution in [2.45, 2.75) is 111 Å². The van der Waals surface area contributed by atoms with Crippen molar-refractivity contribution in [3.05, 3.63) is 138 Å². The van der Waals surface area contributed by atoms with E-state index in [9.17, 15) is 0 Å². The minimum absolute atomic E-state index is 0.0436. The molecular weight excluding hydrogens is 746 g/mol. The first-order valence-electron chi connectivity index (χ1n) is 22.1. The lowest BCUT2D eigenvalue weighted by Gasteiger charge is -2.53. The Morgan fingerprint density at radius 2 is 1.15 bits per heavy atom. The number of fused-ring (bicyclic) bond motifs is 7. The van der Waals surface area contributed by atoms with E-state index in [0.29, 0.717) is 0 Å². The summed E-state index contributed by atoms with van der Waals surface area (Å²) in [5.74, 6) is 0. The van der Waals surface area contributed by atoms with E-state index in [-0.39, 0.29) is 17.7 Å². The van der Waals surface area contributed by atoms with Crippen LogP contribution in [0.2, 0.25) is 39.3 Å². The van der Waals surface area contributed by atoms with Gasteiger partial charge in [-0.2, -0.15) is 0 Å². The second kappa shape index (κ2) is 13.1. The maximum absolute atomic E-state index is 2.88. The van der Waals surface area contributed by atoms with Crippen LogP contribution in [0.1, 0.15) is 61.8 Å². The van der Waals surface area contributed by atoms with Crippen LogP contribution in [-0.2, 0) is 5.41 Å². The van der Waals surface area contributed by atoms with Gasteiger partial charge in [-0.15, -0.1) is 0 Å². The zero-order chi connectivity index (χ0) is 41.4. The Morgan fingerprint density at radius 1 is 0.559 bits per heavy atom. The SMILES string of the molecule is Cc1cc2c3c(c1)C1(C)CCCCC1(C)N3c1cc(N(c3ccc([Si](C)(C)C)cc3)c3ccc([Si](C)(C)C)cc3)cc3c1B2c1cccc(C)c1N3c1ccccc1C. The number of aryl methyl sites for hydroxylation is 3. The predicted molar refractivity (Wildman–Crippen MR) is 263 cm³/mol. The molecule has 0 aromatic heterocycles. The van der Waals surface area contributed by atoms with Gasteiger partial charge in [0.25, 0.3) is 6.71 Å². The summed E-state index contributed by atoms with van der Waals surface area (Å²) < 4.78 is 0. The van der Waals surface area contributed by atoms with Gasteiger partial charge in [0.1, 0.15) is 0 Å². The summed E-state index contributed by atoms with van der Waals surface area (Å²) in [7, 11) is -3.02. The Hall–Kier alpha value is -4.78. The van der Waals surface area contributed by atoms with Gasteiger partial charge in [0.15, 0.2) is 0 Å². The Kier molecular flexibility index (Phi) is 8.54. The van der Waals surface area contributed by atoms with Crippen LogP contribution in [0.25, 0.3) is 0 Å². The number of nitrogens with zero attached hydrogens (tertiary/aromatic N) is 3. The maximum Gasteiger partial charge on any atom is 0.252 e. The number of hydrogen-bond acceptors (Lipinski definition) is 3. The molecule has 10 rings (SSSR count). The molecule has 2 atom stereocenters. The third-order valence-corrected chi connectivity index (χ3v) is 19.1. The van der Waals surface area contributed by atoms with Gasteiger partial charge in [-0.3, -0.25) is 0 Å². The molecule has 1 fully saturated rings. The highest BCUT2D eigenvalue weighted by atomic mass is 28.3. The molecule has 0 spiro atoms. The van der Waals surface area contributed by atoms with Crippen LogP contribution in [-0.4, -0.2) is 28.4 Å². The van der Waals surface area contributed by atoms with Crippen LogP contribution in [0.4, 0.5) is 45.5 Å². The zero-order valence-electron chi connectivity index (χ0n) is 37.2. The lowest BCUT2D eigenvalue weighted by molar-refractivity contribution is 0.195. The Balaban J connectivity index is 1.33. The van der Waals surface area contributed by atoms with Crippen LogP contribution < -0.4 is 41.5 Å². The molecular formula is C53H60BN3Si2. The molecule has 4 aliphatic rings. The van der Waals surface area contributed by atoms with E-state index in [4.69, 9.17) is 0 Å². The van der Waals surface area contributed by atoms with Crippen molar-refractivity contribution < 1.29 is 0 Å². The standard InChI is InChI=1S/C53H60BN3Si2/c1-35-31-43-51-45(32-35)54-44-19-16-18-37(3)50(44)56(46-20-13-12-17-36(46)2)47-33-40(34-48(49(47)54)57(51)53(5)30-15-14-29-52(43,53)4)55(38-21-25-41(26-22-38)58(6,7)8)39-23-27-42(28-24-39)59(9,10)11/h12-13,16-28,31-34H,14-15,29-30H2,1-11H3. The number of rotatable bonds is 6.